The van der Waals surface area contributed by atoms with E-state index < -0.39 is 0 Å². The fourth-order valence-corrected chi connectivity index (χ4v) is 1.09. The van der Waals surface area contributed by atoms with E-state index in [0.717, 1.165) is 12.3 Å². The molecule has 0 aromatic heterocycles. The number of unbranched alkanes of at least 4 members (excludes halogenated alkanes) is 1. The molecule has 1 atom stereocenters. The summed E-state index contributed by atoms with van der Waals surface area (Å²) in [5.74, 6) is 1.17. The summed E-state index contributed by atoms with van der Waals surface area (Å²) in [5.41, 5.74) is 0. The molecule has 0 aliphatic heterocycles. The third kappa shape index (κ3) is 4.02. The monoisotopic (exact) mass is 156 g/mol. The number of amidine groups is 1. The van der Waals surface area contributed by atoms with E-state index in [9.17, 15) is 0 Å². The number of nitrogens with one attached hydrogen (secondary N) is 1. The Kier molecular flexibility index (Phi) is 4.92. The zero-order valence-corrected chi connectivity index (χ0v) is 8.15. The standard InChI is InChI=1S/C9H20N2/c1-5-6-7-8(2)9(10)11(3)4/h8,10H,5-7H2,1-4H3. The molecule has 0 rings (SSSR count). The SMILES string of the molecule is CCCCC(C)C(=N)N(C)C. The third-order valence-corrected chi connectivity index (χ3v) is 1.94. The van der Waals surface area contributed by atoms with Gasteiger partial charge in [0.25, 0.3) is 0 Å². The Labute approximate surface area is 70.1 Å². The molecule has 1 N–H and O–H groups in total. The molecule has 1 unspecified atom stereocenters. The van der Waals surface area contributed by atoms with Crippen LogP contribution in [0.25, 0.3) is 0 Å². The van der Waals surface area contributed by atoms with Gasteiger partial charge in [-0.05, 0) is 6.42 Å². The topological polar surface area (TPSA) is 27.1 Å². The normalized spacial score (nSPS) is 12.7. The molecule has 0 aliphatic rings. The van der Waals surface area contributed by atoms with Crippen LogP contribution in [0, 0.1) is 11.3 Å². The molecule has 0 saturated carbocycles. The van der Waals surface area contributed by atoms with Crippen LogP contribution in [-0.4, -0.2) is 24.8 Å². The highest BCUT2D eigenvalue weighted by Crippen LogP contribution is 2.09. The Morgan fingerprint density at radius 3 is 2.36 bits per heavy atom. The molecule has 0 bridgehead atoms. The summed E-state index contributed by atoms with van der Waals surface area (Å²) in [6.45, 7) is 4.31. The van der Waals surface area contributed by atoms with Crippen molar-refractivity contribution in [1.29, 1.82) is 5.41 Å². The zero-order valence-electron chi connectivity index (χ0n) is 8.15. The second-order valence-corrected chi connectivity index (χ2v) is 3.32. The predicted molar refractivity (Wildman–Crippen MR) is 50.1 cm³/mol. The molecule has 2 nitrogen and oxygen atoms in total. The highest BCUT2D eigenvalue weighted by molar-refractivity contribution is 5.80. The molecule has 0 heterocycles. The first kappa shape index (κ1) is 10.5. The molecule has 66 valence electrons. The molecular formula is C9H20N2. The van der Waals surface area contributed by atoms with E-state index >= 15 is 0 Å². The molecular weight excluding hydrogens is 136 g/mol. The minimum atomic E-state index is 0.421. The molecule has 0 fully saturated rings. The highest BCUT2D eigenvalue weighted by Gasteiger charge is 2.08. The van der Waals surface area contributed by atoms with Crippen LogP contribution in [0.3, 0.4) is 0 Å². The van der Waals surface area contributed by atoms with Crippen molar-refractivity contribution in [2.45, 2.75) is 33.1 Å². The predicted octanol–water partition coefficient (Wildman–Crippen LogP) is 2.35. The summed E-state index contributed by atoms with van der Waals surface area (Å²) in [5, 5.41) is 7.65. The van der Waals surface area contributed by atoms with Crippen LogP contribution in [0.1, 0.15) is 33.1 Å². The van der Waals surface area contributed by atoms with Crippen molar-refractivity contribution in [3.8, 4) is 0 Å². The van der Waals surface area contributed by atoms with Crippen LogP contribution in [-0.2, 0) is 0 Å². The van der Waals surface area contributed by atoms with Gasteiger partial charge in [-0.1, -0.05) is 26.7 Å². The van der Waals surface area contributed by atoms with E-state index in [1.165, 1.54) is 12.8 Å². The molecule has 0 amide bonds. The third-order valence-electron chi connectivity index (χ3n) is 1.94. The molecule has 2 heteroatoms. The number of nitrogens with zero attached hydrogens (tertiary/aromatic N) is 1. The van der Waals surface area contributed by atoms with Crippen molar-refractivity contribution in [3.05, 3.63) is 0 Å². The lowest BCUT2D eigenvalue weighted by atomic mass is 10.0. The first-order valence-electron chi connectivity index (χ1n) is 4.35. The number of hydrogen-bond acceptors (Lipinski definition) is 1. The Morgan fingerprint density at radius 1 is 1.45 bits per heavy atom. The smallest absolute Gasteiger partial charge is 0.0981 e. The van der Waals surface area contributed by atoms with Gasteiger partial charge in [0, 0.05) is 20.0 Å². The fourth-order valence-electron chi connectivity index (χ4n) is 1.09. The molecule has 0 radical (unpaired) electrons. The molecule has 0 aromatic rings. The average Bonchev–Trinajstić information content (AvgIpc) is 1.98. The molecule has 0 aromatic carbocycles. The van der Waals surface area contributed by atoms with Crippen LogP contribution in [0.2, 0.25) is 0 Å². The van der Waals surface area contributed by atoms with E-state index in [4.69, 9.17) is 5.41 Å². The summed E-state index contributed by atoms with van der Waals surface area (Å²) >= 11 is 0. The van der Waals surface area contributed by atoms with Crippen molar-refractivity contribution >= 4 is 5.84 Å². The lowest BCUT2D eigenvalue weighted by Crippen LogP contribution is -2.27. The second kappa shape index (κ2) is 5.16. The van der Waals surface area contributed by atoms with Crippen LogP contribution in [0.4, 0.5) is 0 Å². The first-order valence-corrected chi connectivity index (χ1v) is 4.35. The number of rotatable bonds is 4. The molecule has 0 aliphatic carbocycles. The van der Waals surface area contributed by atoms with Crippen molar-refractivity contribution < 1.29 is 0 Å². The first-order chi connectivity index (χ1) is 5.09. The van der Waals surface area contributed by atoms with Gasteiger partial charge in [0.2, 0.25) is 0 Å². The van der Waals surface area contributed by atoms with E-state index in [1.807, 2.05) is 19.0 Å². The van der Waals surface area contributed by atoms with Crippen LogP contribution in [0.15, 0.2) is 0 Å². The Hall–Kier alpha value is -0.530. The minimum absolute atomic E-state index is 0.421. The minimum Gasteiger partial charge on any atom is -0.366 e. The second-order valence-electron chi connectivity index (χ2n) is 3.32. The summed E-state index contributed by atoms with van der Waals surface area (Å²) in [4.78, 5) is 1.89. The summed E-state index contributed by atoms with van der Waals surface area (Å²) in [7, 11) is 3.87. The summed E-state index contributed by atoms with van der Waals surface area (Å²) in [6.07, 6.45) is 3.61. The van der Waals surface area contributed by atoms with E-state index in [2.05, 4.69) is 13.8 Å². The highest BCUT2D eigenvalue weighted by atomic mass is 15.1. The van der Waals surface area contributed by atoms with Gasteiger partial charge in [-0.3, -0.25) is 5.41 Å². The Balaban J connectivity index is 3.64. The number of hydrogen-bond donors (Lipinski definition) is 1. The van der Waals surface area contributed by atoms with Gasteiger partial charge in [-0.25, -0.2) is 0 Å². The van der Waals surface area contributed by atoms with Gasteiger partial charge >= 0.3 is 0 Å². The lowest BCUT2D eigenvalue weighted by Gasteiger charge is -2.19. The van der Waals surface area contributed by atoms with Crippen molar-refractivity contribution in [1.82, 2.24) is 4.90 Å². The largest absolute Gasteiger partial charge is 0.366 e. The van der Waals surface area contributed by atoms with Gasteiger partial charge in [-0.2, -0.15) is 0 Å². The van der Waals surface area contributed by atoms with Gasteiger partial charge in [0.05, 0.1) is 5.84 Å². The van der Waals surface area contributed by atoms with Gasteiger partial charge in [0.1, 0.15) is 0 Å². The van der Waals surface area contributed by atoms with Crippen LogP contribution in [0.5, 0.6) is 0 Å². The van der Waals surface area contributed by atoms with E-state index in [-0.39, 0.29) is 0 Å². The van der Waals surface area contributed by atoms with Crippen LogP contribution >= 0.6 is 0 Å². The van der Waals surface area contributed by atoms with Gasteiger partial charge < -0.3 is 4.90 Å². The van der Waals surface area contributed by atoms with Crippen LogP contribution < -0.4 is 0 Å². The Bertz CT molecular complexity index is 119. The summed E-state index contributed by atoms with van der Waals surface area (Å²) in [6, 6.07) is 0. The Morgan fingerprint density at radius 2 is 2.00 bits per heavy atom. The zero-order chi connectivity index (χ0) is 8.85. The van der Waals surface area contributed by atoms with Gasteiger partial charge in [0.15, 0.2) is 0 Å². The van der Waals surface area contributed by atoms with Crippen molar-refractivity contribution in [3.63, 3.8) is 0 Å². The maximum absolute atomic E-state index is 7.65. The van der Waals surface area contributed by atoms with Gasteiger partial charge in [-0.15, -0.1) is 0 Å². The fraction of sp³-hybridized carbons (Fsp3) is 0.889. The summed E-state index contributed by atoms with van der Waals surface area (Å²) < 4.78 is 0. The molecule has 11 heavy (non-hydrogen) atoms. The molecule has 0 spiro atoms. The van der Waals surface area contributed by atoms with Crippen molar-refractivity contribution in [2.24, 2.45) is 5.92 Å². The maximum atomic E-state index is 7.65. The quantitative estimate of drug-likeness (QED) is 0.491. The molecule has 0 saturated heterocycles. The van der Waals surface area contributed by atoms with E-state index in [0.29, 0.717) is 5.92 Å². The maximum Gasteiger partial charge on any atom is 0.0981 e. The average molecular weight is 156 g/mol. The van der Waals surface area contributed by atoms with Crippen molar-refractivity contribution in [2.75, 3.05) is 14.1 Å². The van der Waals surface area contributed by atoms with E-state index in [1.54, 1.807) is 0 Å². The lowest BCUT2D eigenvalue weighted by molar-refractivity contribution is 0.522.